The maximum absolute atomic E-state index is 13.0. The van der Waals surface area contributed by atoms with Crippen LogP contribution in [0.3, 0.4) is 0 Å². The van der Waals surface area contributed by atoms with Gasteiger partial charge in [-0.2, -0.15) is 13.2 Å². The topological polar surface area (TPSA) is 64.1 Å². The van der Waals surface area contributed by atoms with Gasteiger partial charge in [-0.15, -0.1) is 5.10 Å². The maximum atomic E-state index is 13.0. The average Bonchev–Trinajstić information content (AvgIpc) is 3.12. The zero-order valence-corrected chi connectivity index (χ0v) is 17.6. The summed E-state index contributed by atoms with van der Waals surface area (Å²) in [5.41, 5.74) is -0.0743. The van der Waals surface area contributed by atoms with Gasteiger partial charge in [0.05, 0.1) is 11.7 Å². The fraction of sp³-hybridized carbons (Fsp3) is 0.250. The number of thioether (sulfide) groups is 1. The molecule has 0 fully saturated rings. The number of rotatable bonds is 7. The summed E-state index contributed by atoms with van der Waals surface area (Å²) in [6.07, 6.45) is -4.56. The number of anilines is 1. The normalized spacial score (nSPS) is 12.6. The lowest BCUT2D eigenvalue weighted by atomic mass is 10.1. The molecule has 0 saturated heterocycles. The Bertz CT molecular complexity index is 994. The number of ether oxygens (including phenoxy) is 1. The van der Waals surface area contributed by atoms with Crippen LogP contribution in [0.2, 0.25) is 0 Å². The van der Waals surface area contributed by atoms with Crippen molar-refractivity contribution in [2.75, 3.05) is 5.32 Å². The fourth-order valence-corrected chi connectivity index (χ4v) is 4.47. The molecule has 0 aliphatic rings. The van der Waals surface area contributed by atoms with Gasteiger partial charge in [0.25, 0.3) is 5.19 Å². The molecule has 1 amide bonds. The smallest absolute Gasteiger partial charge is 0.416 e. The number of nitrogens with zero attached hydrogens (tertiary/aromatic N) is 2. The number of carbonyl (C=O) groups is 1. The summed E-state index contributed by atoms with van der Waals surface area (Å²) in [5, 5.41) is 10.2. The molecule has 0 bridgehead atoms. The predicted octanol–water partition coefficient (Wildman–Crippen LogP) is 5.82. The first kappa shape index (κ1) is 22.1. The Morgan fingerprint density at radius 3 is 2.50 bits per heavy atom. The second kappa shape index (κ2) is 9.48. The van der Waals surface area contributed by atoms with Crippen LogP contribution in [0.25, 0.3) is 0 Å². The molecule has 0 aliphatic carbocycles. The van der Waals surface area contributed by atoms with E-state index >= 15 is 0 Å². The van der Waals surface area contributed by atoms with Crippen LogP contribution in [0.15, 0.2) is 58.9 Å². The highest BCUT2D eigenvalue weighted by Crippen LogP contribution is 2.39. The van der Waals surface area contributed by atoms with E-state index in [1.807, 2.05) is 19.9 Å². The van der Waals surface area contributed by atoms with Crippen LogP contribution in [0, 0.1) is 0 Å². The van der Waals surface area contributed by atoms with Gasteiger partial charge in [-0.05, 0) is 48.9 Å². The largest absolute Gasteiger partial charge is 0.466 e. The van der Waals surface area contributed by atoms with E-state index in [0.29, 0.717) is 15.1 Å². The molecule has 0 aliphatic heterocycles. The minimum Gasteiger partial charge on any atom is -0.466 e. The van der Waals surface area contributed by atoms with Gasteiger partial charge >= 0.3 is 6.18 Å². The zero-order valence-electron chi connectivity index (χ0n) is 16.0. The molecule has 0 saturated carbocycles. The van der Waals surface area contributed by atoms with Crippen LogP contribution >= 0.6 is 23.1 Å². The van der Waals surface area contributed by atoms with Gasteiger partial charge in [-0.3, -0.25) is 4.79 Å². The fourth-order valence-electron chi connectivity index (χ4n) is 2.48. The molecular weight excluding hydrogens is 435 g/mol. The van der Waals surface area contributed by atoms with Gasteiger partial charge in [-0.25, -0.2) is 0 Å². The van der Waals surface area contributed by atoms with E-state index in [1.165, 1.54) is 23.5 Å². The van der Waals surface area contributed by atoms with Crippen LogP contribution in [-0.2, 0) is 11.0 Å². The Labute approximate surface area is 179 Å². The molecule has 0 spiro atoms. The highest BCUT2D eigenvalue weighted by Gasteiger charge is 2.31. The number of hydrogen-bond acceptors (Lipinski definition) is 6. The van der Waals surface area contributed by atoms with Gasteiger partial charge in [-0.1, -0.05) is 53.3 Å². The number of benzene rings is 2. The molecule has 30 heavy (non-hydrogen) atoms. The third kappa shape index (κ3) is 5.96. The first-order chi connectivity index (χ1) is 14.2. The molecule has 0 radical (unpaired) electrons. The summed E-state index contributed by atoms with van der Waals surface area (Å²) in [4.78, 5) is 13.0. The molecule has 5 nitrogen and oxygen atoms in total. The van der Waals surface area contributed by atoms with Crippen LogP contribution in [0.1, 0.15) is 30.2 Å². The van der Waals surface area contributed by atoms with Crippen molar-refractivity contribution in [1.29, 1.82) is 0 Å². The lowest BCUT2D eigenvalue weighted by Gasteiger charge is -2.16. The monoisotopic (exact) mass is 453 g/mol. The molecule has 1 atom stereocenters. The first-order valence-corrected chi connectivity index (χ1v) is 10.6. The van der Waals surface area contributed by atoms with Crippen molar-refractivity contribution in [2.24, 2.45) is 0 Å². The molecule has 3 rings (SSSR count). The van der Waals surface area contributed by atoms with E-state index in [-0.39, 0.29) is 11.8 Å². The Kier molecular flexibility index (Phi) is 6.99. The molecule has 2 aromatic carbocycles. The quantitative estimate of drug-likeness (QED) is 0.457. The molecule has 1 N–H and O–H groups in total. The van der Waals surface area contributed by atoms with Crippen molar-refractivity contribution in [3.05, 3.63) is 65.7 Å². The van der Waals surface area contributed by atoms with Crippen LogP contribution in [0.5, 0.6) is 5.19 Å². The van der Waals surface area contributed by atoms with E-state index in [1.54, 1.807) is 24.3 Å². The number of aromatic nitrogens is 2. The van der Waals surface area contributed by atoms with Crippen LogP contribution in [-0.4, -0.2) is 22.2 Å². The summed E-state index contributed by atoms with van der Waals surface area (Å²) in [6.45, 7) is 3.73. The van der Waals surface area contributed by atoms with Crippen LogP contribution in [0.4, 0.5) is 18.9 Å². The number of amides is 1. The average molecular weight is 454 g/mol. The molecule has 1 aromatic heterocycles. The van der Waals surface area contributed by atoms with Gasteiger partial charge < -0.3 is 10.1 Å². The van der Waals surface area contributed by atoms with Crippen molar-refractivity contribution in [3.63, 3.8) is 0 Å². The van der Waals surface area contributed by atoms with Gasteiger partial charge in [0.1, 0.15) is 5.25 Å². The van der Waals surface area contributed by atoms with Crippen LogP contribution < -0.4 is 10.1 Å². The van der Waals surface area contributed by atoms with E-state index in [9.17, 15) is 18.0 Å². The second-order valence-electron chi connectivity index (χ2n) is 6.48. The summed E-state index contributed by atoms with van der Waals surface area (Å²) in [6, 6.07) is 13.5. The molecule has 158 valence electrons. The van der Waals surface area contributed by atoms with Crippen molar-refractivity contribution in [3.8, 4) is 5.19 Å². The molecule has 10 heteroatoms. The van der Waals surface area contributed by atoms with E-state index in [0.717, 1.165) is 23.9 Å². The first-order valence-electron chi connectivity index (χ1n) is 8.92. The molecule has 1 heterocycles. The lowest BCUT2D eigenvalue weighted by Crippen LogP contribution is -2.19. The number of carbonyl (C=O) groups excluding carboxylic acids is 1. The maximum Gasteiger partial charge on any atom is 0.416 e. The summed E-state index contributed by atoms with van der Waals surface area (Å²) in [7, 11) is 0. The Morgan fingerprint density at radius 1 is 1.10 bits per heavy atom. The SMILES string of the molecule is CC(C)Oc1nnc(SC(C(=O)Nc2cccc(C(F)(F)F)c2)c2ccccc2)s1. The number of alkyl halides is 3. The number of halogens is 3. The molecule has 1 unspecified atom stereocenters. The Morgan fingerprint density at radius 2 is 1.83 bits per heavy atom. The van der Waals surface area contributed by atoms with Crippen molar-refractivity contribution < 1.29 is 22.7 Å². The Hall–Kier alpha value is -2.59. The summed E-state index contributed by atoms with van der Waals surface area (Å²) >= 11 is 2.36. The lowest BCUT2D eigenvalue weighted by molar-refractivity contribution is -0.137. The number of nitrogens with one attached hydrogen (secondary N) is 1. The third-order valence-electron chi connectivity index (χ3n) is 3.74. The molecular formula is C20H18F3N3O2S2. The summed E-state index contributed by atoms with van der Waals surface area (Å²) in [5.74, 6) is -0.466. The van der Waals surface area contributed by atoms with Gasteiger partial charge in [0.15, 0.2) is 4.34 Å². The van der Waals surface area contributed by atoms with Crippen molar-refractivity contribution in [2.45, 2.75) is 35.7 Å². The second-order valence-corrected chi connectivity index (χ2v) is 8.77. The van der Waals surface area contributed by atoms with Crippen molar-refractivity contribution in [1.82, 2.24) is 10.2 Å². The van der Waals surface area contributed by atoms with Gasteiger partial charge in [0.2, 0.25) is 5.91 Å². The highest BCUT2D eigenvalue weighted by molar-refractivity contribution is 8.01. The summed E-state index contributed by atoms with van der Waals surface area (Å²) < 4.78 is 44.9. The van der Waals surface area contributed by atoms with E-state index < -0.39 is 22.9 Å². The van der Waals surface area contributed by atoms with Crippen molar-refractivity contribution >= 4 is 34.7 Å². The predicted molar refractivity (Wildman–Crippen MR) is 111 cm³/mol. The zero-order chi connectivity index (χ0) is 21.7. The Balaban J connectivity index is 1.82. The molecule has 3 aromatic rings. The minimum atomic E-state index is -4.49. The third-order valence-corrected chi connectivity index (χ3v) is 5.89. The van der Waals surface area contributed by atoms with E-state index in [4.69, 9.17) is 4.74 Å². The standard InChI is InChI=1S/C20H18F3N3O2S2/c1-12(2)28-18-25-26-19(30-18)29-16(13-7-4-3-5-8-13)17(27)24-15-10-6-9-14(11-15)20(21,22)23/h3-12,16H,1-2H3,(H,24,27). The minimum absolute atomic E-state index is 0.0649. The number of hydrogen-bond donors (Lipinski definition) is 1. The van der Waals surface area contributed by atoms with Gasteiger partial charge in [0, 0.05) is 5.69 Å². The highest BCUT2D eigenvalue weighted by atomic mass is 32.2. The van der Waals surface area contributed by atoms with E-state index in [2.05, 4.69) is 15.5 Å².